The Morgan fingerprint density at radius 1 is 1.20 bits per heavy atom. The highest BCUT2D eigenvalue weighted by Gasteiger charge is 2.42. The third-order valence-corrected chi connectivity index (χ3v) is 5.67. The van der Waals surface area contributed by atoms with Crippen LogP contribution in [0.3, 0.4) is 0 Å². The fourth-order valence-electron chi connectivity index (χ4n) is 4.29. The number of aryl methyl sites for hydroxylation is 1. The van der Waals surface area contributed by atoms with Crippen LogP contribution < -0.4 is 4.90 Å². The lowest BCUT2D eigenvalue weighted by molar-refractivity contribution is -0.0372. The van der Waals surface area contributed by atoms with E-state index in [-0.39, 0.29) is 5.97 Å². The van der Waals surface area contributed by atoms with E-state index in [9.17, 15) is 15.0 Å². The van der Waals surface area contributed by atoms with E-state index in [1.54, 1.807) is 12.1 Å². The molecule has 2 heterocycles. The SMILES string of the molecule is COC(=O)c1ccc2c(c1)nc(N1C[C@H]3C[C@H](O)[C@H](O)C[C@H]3C1)n2C. The van der Waals surface area contributed by atoms with Crippen molar-refractivity contribution in [2.24, 2.45) is 18.9 Å². The molecule has 0 amide bonds. The predicted molar refractivity (Wildman–Crippen MR) is 92.5 cm³/mol. The molecular weight excluding hydrogens is 322 g/mol. The summed E-state index contributed by atoms with van der Waals surface area (Å²) in [5.41, 5.74) is 2.20. The van der Waals surface area contributed by atoms with Gasteiger partial charge in [-0.1, -0.05) is 0 Å². The lowest BCUT2D eigenvalue weighted by Crippen LogP contribution is -2.38. The van der Waals surface area contributed by atoms with Crippen molar-refractivity contribution in [3.8, 4) is 0 Å². The van der Waals surface area contributed by atoms with E-state index in [0.29, 0.717) is 30.2 Å². The van der Waals surface area contributed by atoms with Gasteiger partial charge in [0.05, 0.1) is 35.9 Å². The second-order valence-corrected chi connectivity index (χ2v) is 7.20. The van der Waals surface area contributed by atoms with E-state index >= 15 is 0 Å². The number of benzene rings is 1. The van der Waals surface area contributed by atoms with E-state index < -0.39 is 12.2 Å². The van der Waals surface area contributed by atoms with Crippen molar-refractivity contribution in [1.82, 2.24) is 9.55 Å². The van der Waals surface area contributed by atoms with E-state index in [1.807, 2.05) is 17.7 Å². The maximum absolute atomic E-state index is 11.7. The van der Waals surface area contributed by atoms with Gasteiger partial charge in [0, 0.05) is 20.1 Å². The average molecular weight is 345 g/mol. The Balaban J connectivity index is 1.64. The van der Waals surface area contributed by atoms with Crippen LogP contribution in [0.15, 0.2) is 18.2 Å². The highest BCUT2D eigenvalue weighted by Crippen LogP contribution is 2.38. The zero-order valence-corrected chi connectivity index (χ0v) is 14.4. The smallest absolute Gasteiger partial charge is 0.337 e. The molecule has 1 saturated carbocycles. The molecule has 0 spiro atoms. The van der Waals surface area contributed by atoms with Crippen LogP contribution in [0.5, 0.6) is 0 Å². The number of imidazole rings is 1. The third-order valence-electron chi connectivity index (χ3n) is 5.67. The number of aliphatic hydroxyl groups is 2. The molecule has 0 bridgehead atoms. The summed E-state index contributed by atoms with van der Waals surface area (Å²) in [4.78, 5) is 18.7. The molecule has 4 atom stereocenters. The van der Waals surface area contributed by atoms with Gasteiger partial charge in [0.15, 0.2) is 0 Å². The molecule has 0 radical (unpaired) electrons. The van der Waals surface area contributed by atoms with Crippen molar-refractivity contribution >= 4 is 23.0 Å². The molecule has 1 saturated heterocycles. The lowest BCUT2D eigenvalue weighted by atomic mass is 9.79. The first-order valence-electron chi connectivity index (χ1n) is 8.63. The minimum Gasteiger partial charge on any atom is -0.465 e. The number of carbonyl (C=O) groups is 1. The molecule has 1 aromatic heterocycles. The first-order valence-corrected chi connectivity index (χ1v) is 8.63. The molecule has 2 aliphatic rings. The molecule has 2 fully saturated rings. The van der Waals surface area contributed by atoms with Gasteiger partial charge in [0.2, 0.25) is 5.95 Å². The number of rotatable bonds is 2. The van der Waals surface area contributed by atoms with Crippen LogP contribution in [0.25, 0.3) is 11.0 Å². The number of aromatic nitrogens is 2. The Hall–Kier alpha value is -2.12. The van der Waals surface area contributed by atoms with E-state index in [1.165, 1.54) is 7.11 Å². The molecule has 7 nitrogen and oxygen atoms in total. The van der Waals surface area contributed by atoms with E-state index in [0.717, 1.165) is 30.1 Å². The molecule has 134 valence electrons. The largest absolute Gasteiger partial charge is 0.465 e. The van der Waals surface area contributed by atoms with Gasteiger partial charge in [-0.3, -0.25) is 0 Å². The van der Waals surface area contributed by atoms with Crippen LogP contribution in [-0.4, -0.2) is 58.1 Å². The summed E-state index contributed by atoms with van der Waals surface area (Å²) in [6.45, 7) is 1.66. The number of hydrogen-bond donors (Lipinski definition) is 2. The summed E-state index contributed by atoms with van der Waals surface area (Å²) >= 11 is 0. The first kappa shape index (κ1) is 16.4. The Bertz CT molecular complexity index is 800. The zero-order valence-electron chi connectivity index (χ0n) is 14.4. The molecule has 1 aromatic carbocycles. The summed E-state index contributed by atoms with van der Waals surface area (Å²) in [6.07, 6.45) is 0.0332. The van der Waals surface area contributed by atoms with Crippen LogP contribution in [0, 0.1) is 11.8 Å². The standard InChI is InChI=1S/C18H23N3O4/c1-20-14-4-3-10(17(24)25-2)5-13(14)19-18(20)21-8-11-6-15(22)16(23)7-12(11)9-21/h3-5,11-12,15-16,22-23H,6-9H2,1-2H3/t11-,12+,15+,16-. The maximum atomic E-state index is 11.7. The lowest BCUT2D eigenvalue weighted by Gasteiger charge is -2.31. The topological polar surface area (TPSA) is 87.8 Å². The van der Waals surface area contributed by atoms with Gasteiger partial charge in [0.1, 0.15) is 0 Å². The monoisotopic (exact) mass is 345 g/mol. The highest BCUT2D eigenvalue weighted by atomic mass is 16.5. The van der Waals surface area contributed by atoms with Crippen LogP contribution in [0.4, 0.5) is 5.95 Å². The Labute approximate surface area is 145 Å². The van der Waals surface area contributed by atoms with Crippen molar-refractivity contribution in [3.63, 3.8) is 0 Å². The average Bonchev–Trinajstić information content (AvgIpc) is 3.15. The van der Waals surface area contributed by atoms with E-state index in [4.69, 9.17) is 9.72 Å². The minimum absolute atomic E-state index is 0.371. The second kappa shape index (κ2) is 6.00. The van der Waals surface area contributed by atoms with Crippen molar-refractivity contribution < 1.29 is 19.7 Å². The fraction of sp³-hybridized carbons (Fsp3) is 0.556. The molecule has 1 aliphatic heterocycles. The van der Waals surface area contributed by atoms with Crippen molar-refractivity contribution in [1.29, 1.82) is 0 Å². The van der Waals surface area contributed by atoms with Crippen LogP contribution in [-0.2, 0) is 11.8 Å². The number of nitrogens with zero attached hydrogens (tertiary/aromatic N) is 3. The normalized spacial score (nSPS) is 29.0. The van der Waals surface area contributed by atoms with Crippen molar-refractivity contribution in [2.45, 2.75) is 25.0 Å². The minimum atomic E-state index is -0.621. The second-order valence-electron chi connectivity index (χ2n) is 7.20. The van der Waals surface area contributed by atoms with Gasteiger partial charge in [-0.25, -0.2) is 9.78 Å². The van der Waals surface area contributed by atoms with Gasteiger partial charge in [-0.05, 0) is 42.9 Å². The predicted octanol–water partition coefficient (Wildman–Crippen LogP) is 0.928. The van der Waals surface area contributed by atoms with Crippen molar-refractivity contribution in [3.05, 3.63) is 23.8 Å². The highest BCUT2D eigenvalue weighted by molar-refractivity contribution is 5.94. The summed E-state index contributed by atoms with van der Waals surface area (Å²) in [6, 6.07) is 5.38. The molecular formula is C18H23N3O4. The molecule has 2 aromatic rings. The number of carbonyl (C=O) groups excluding carboxylic acids is 1. The van der Waals surface area contributed by atoms with Gasteiger partial charge < -0.3 is 24.4 Å². The Morgan fingerprint density at radius 3 is 2.44 bits per heavy atom. The third kappa shape index (κ3) is 2.67. The number of fused-ring (bicyclic) bond motifs is 2. The first-order chi connectivity index (χ1) is 12.0. The summed E-state index contributed by atoms with van der Waals surface area (Å²) in [5.74, 6) is 1.24. The summed E-state index contributed by atoms with van der Waals surface area (Å²) < 4.78 is 6.80. The zero-order chi connectivity index (χ0) is 17.7. The molecule has 25 heavy (non-hydrogen) atoms. The quantitative estimate of drug-likeness (QED) is 0.787. The van der Waals surface area contributed by atoms with Crippen LogP contribution in [0.1, 0.15) is 23.2 Å². The number of esters is 1. The Morgan fingerprint density at radius 2 is 1.84 bits per heavy atom. The molecule has 7 heteroatoms. The summed E-state index contributed by atoms with van der Waals surface area (Å²) in [7, 11) is 3.33. The molecule has 1 aliphatic carbocycles. The van der Waals surface area contributed by atoms with Gasteiger partial charge in [-0.15, -0.1) is 0 Å². The fourth-order valence-corrected chi connectivity index (χ4v) is 4.29. The maximum Gasteiger partial charge on any atom is 0.337 e. The van der Waals surface area contributed by atoms with E-state index in [2.05, 4.69) is 4.90 Å². The molecule has 2 N–H and O–H groups in total. The van der Waals surface area contributed by atoms with Gasteiger partial charge >= 0.3 is 5.97 Å². The summed E-state index contributed by atoms with van der Waals surface area (Å²) in [5, 5.41) is 19.8. The number of aliphatic hydroxyl groups excluding tert-OH is 2. The van der Waals surface area contributed by atoms with Crippen LogP contribution >= 0.6 is 0 Å². The Kier molecular flexibility index (Phi) is 3.92. The van der Waals surface area contributed by atoms with Crippen molar-refractivity contribution in [2.75, 3.05) is 25.1 Å². The number of anilines is 1. The molecule has 0 unspecified atom stereocenters. The molecule has 4 rings (SSSR count). The number of ether oxygens (including phenoxy) is 1. The van der Waals surface area contributed by atoms with Gasteiger partial charge in [0.25, 0.3) is 0 Å². The van der Waals surface area contributed by atoms with Gasteiger partial charge in [-0.2, -0.15) is 0 Å². The number of methoxy groups -OCH3 is 1. The number of hydrogen-bond acceptors (Lipinski definition) is 6. The van der Waals surface area contributed by atoms with Crippen LogP contribution in [0.2, 0.25) is 0 Å².